The number of primary amides is 1. The molecule has 2 aromatic carbocycles. The lowest BCUT2D eigenvalue weighted by Gasteiger charge is -2.35. The number of nitrogens with two attached hydrogens (primary N) is 1. The Bertz CT molecular complexity index is 1190. The summed E-state index contributed by atoms with van der Waals surface area (Å²) < 4.78 is 5.37. The van der Waals surface area contributed by atoms with Crippen LogP contribution in [0.1, 0.15) is 83.4 Å². The Morgan fingerprint density at radius 2 is 1.66 bits per heavy atom. The fourth-order valence-corrected chi connectivity index (χ4v) is 4.35. The number of nitrogens with zero attached hydrogens (tertiary/aromatic N) is 1. The van der Waals surface area contributed by atoms with Crippen molar-refractivity contribution in [3.63, 3.8) is 0 Å². The molecule has 2 rings (SSSR count). The van der Waals surface area contributed by atoms with Crippen LogP contribution in [0, 0.1) is 6.92 Å². The molecule has 0 radical (unpaired) electrons. The van der Waals surface area contributed by atoms with Gasteiger partial charge in [-0.2, -0.15) is 0 Å². The van der Waals surface area contributed by atoms with Crippen LogP contribution in [0.4, 0.5) is 10.5 Å². The van der Waals surface area contributed by atoms with Gasteiger partial charge in [-0.05, 0) is 58.2 Å². The van der Waals surface area contributed by atoms with Gasteiger partial charge >= 0.3 is 6.09 Å². The van der Waals surface area contributed by atoms with E-state index in [1.54, 1.807) is 51.1 Å². The number of carbonyl (C=O) groups excluding carboxylic acids is 4. The minimum absolute atomic E-state index is 0.0915. The van der Waals surface area contributed by atoms with Gasteiger partial charge in [-0.1, -0.05) is 62.6 Å². The van der Waals surface area contributed by atoms with Crippen molar-refractivity contribution in [1.82, 2.24) is 10.2 Å². The van der Waals surface area contributed by atoms with E-state index in [9.17, 15) is 24.3 Å². The molecule has 0 spiro atoms. The van der Waals surface area contributed by atoms with Crippen molar-refractivity contribution >= 4 is 29.5 Å². The zero-order valence-electron chi connectivity index (χ0n) is 24.7. The van der Waals surface area contributed by atoms with Gasteiger partial charge in [0.15, 0.2) is 0 Å². The molecular weight excluding hydrogens is 524 g/mol. The number of unbranched alkanes of at least 4 members (excludes halogenated alkanes) is 3. The average molecular weight is 569 g/mol. The Kier molecular flexibility index (Phi) is 12.6. The monoisotopic (exact) mass is 568 g/mol. The summed E-state index contributed by atoms with van der Waals surface area (Å²) in [5, 5.41) is 16.3. The Morgan fingerprint density at radius 3 is 2.27 bits per heavy atom. The zero-order chi connectivity index (χ0) is 30.6. The van der Waals surface area contributed by atoms with Crippen molar-refractivity contribution in [2.24, 2.45) is 5.73 Å². The summed E-state index contributed by atoms with van der Waals surface area (Å²) in [5.74, 6) is -1.92. The van der Waals surface area contributed by atoms with Gasteiger partial charge in [-0.15, -0.1) is 0 Å². The number of alkyl carbamates (subject to hydrolysis) is 1. The highest BCUT2D eigenvalue weighted by Gasteiger charge is 2.37. The van der Waals surface area contributed by atoms with E-state index in [0.29, 0.717) is 12.1 Å². The van der Waals surface area contributed by atoms with E-state index in [1.807, 2.05) is 19.1 Å². The van der Waals surface area contributed by atoms with Crippen LogP contribution in [-0.4, -0.2) is 52.0 Å². The van der Waals surface area contributed by atoms with Crippen LogP contribution < -0.4 is 16.4 Å². The number of ether oxygens (including phenoxy) is 1. The topological polar surface area (TPSA) is 151 Å². The number of carbonyl (C=O) groups is 4. The number of phenolic OH excluding ortho intramolecular Hbond substituents is 1. The molecule has 0 aliphatic carbocycles. The highest BCUT2D eigenvalue weighted by molar-refractivity contribution is 5.99. The number of hydrogen-bond acceptors (Lipinski definition) is 6. The Balaban J connectivity index is 2.57. The molecular formula is C31H44N4O6. The summed E-state index contributed by atoms with van der Waals surface area (Å²) in [7, 11) is 0. The number of hydrogen-bond donors (Lipinski definition) is 4. The third-order valence-electron chi connectivity index (χ3n) is 6.40. The van der Waals surface area contributed by atoms with Gasteiger partial charge in [0.1, 0.15) is 23.4 Å². The molecule has 2 atom stereocenters. The van der Waals surface area contributed by atoms with Crippen molar-refractivity contribution in [2.45, 2.75) is 90.8 Å². The highest BCUT2D eigenvalue weighted by atomic mass is 16.6. The third kappa shape index (κ3) is 10.8. The molecule has 0 bridgehead atoms. The summed E-state index contributed by atoms with van der Waals surface area (Å²) in [6.45, 7) is 9.16. The minimum Gasteiger partial charge on any atom is -0.508 e. The van der Waals surface area contributed by atoms with Crippen molar-refractivity contribution in [1.29, 1.82) is 0 Å². The fraction of sp³-hybridized carbons (Fsp3) is 0.484. The quantitative estimate of drug-likeness (QED) is 0.237. The number of anilines is 1. The standard InChI is InChI=1S/C31H44N4O6/c1-6-7-8-13-20-35(29(39)24(18-19-26(32)37)34-30(40)41-31(3,4)5)27(22-15-10-12-17-25(22)36)28(38)33-23-16-11-9-14-21(23)2/h9-12,14-17,24,27,36H,6-8,13,18-20H2,1-5H3,(H2,32,37)(H,33,38)(H,34,40). The first-order valence-corrected chi connectivity index (χ1v) is 14.1. The lowest BCUT2D eigenvalue weighted by molar-refractivity contribution is -0.141. The van der Waals surface area contributed by atoms with Crippen molar-refractivity contribution in [2.75, 3.05) is 11.9 Å². The van der Waals surface area contributed by atoms with E-state index in [-0.39, 0.29) is 30.7 Å². The summed E-state index contributed by atoms with van der Waals surface area (Å²) in [6.07, 6.45) is 2.17. The molecule has 5 N–H and O–H groups in total. The molecule has 10 nitrogen and oxygen atoms in total. The molecule has 0 aromatic heterocycles. The summed E-state index contributed by atoms with van der Waals surface area (Å²) >= 11 is 0. The second-order valence-corrected chi connectivity index (χ2v) is 11.1. The number of aromatic hydroxyl groups is 1. The largest absolute Gasteiger partial charge is 0.508 e. The van der Waals surface area contributed by atoms with Gasteiger partial charge in [0.2, 0.25) is 11.8 Å². The summed E-state index contributed by atoms with van der Waals surface area (Å²) in [4.78, 5) is 53.9. The molecule has 4 amide bonds. The van der Waals surface area contributed by atoms with Gasteiger partial charge in [-0.3, -0.25) is 14.4 Å². The predicted molar refractivity (Wildman–Crippen MR) is 158 cm³/mol. The molecule has 0 saturated carbocycles. The molecule has 0 aliphatic rings. The van der Waals surface area contributed by atoms with Crippen LogP contribution in [0.3, 0.4) is 0 Å². The first kappa shape index (κ1) is 33.1. The number of nitrogens with one attached hydrogen (secondary N) is 2. The van der Waals surface area contributed by atoms with E-state index in [4.69, 9.17) is 10.5 Å². The number of benzene rings is 2. The van der Waals surface area contributed by atoms with Crippen LogP contribution in [0.5, 0.6) is 5.75 Å². The highest BCUT2D eigenvalue weighted by Crippen LogP contribution is 2.32. The van der Waals surface area contributed by atoms with Crippen LogP contribution in [-0.2, 0) is 19.1 Å². The first-order chi connectivity index (χ1) is 19.3. The Morgan fingerprint density at radius 1 is 1.00 bits per heavy atom. The summed E-state index contributed by atoms with van der Waals surface area (Å²) in [5.41, 5.74) is 6.17. The van der Waals surface area contributed by atoms with E-state index in [1.165, 1.54) is 11.0 Å². The van der Waals surface area contributed by atoms with Gasteiger partial charge in [0.25, 0.3) is 5.91 Å². The second-order valence-electron chi connectivity index (χ2n) is 11.1. The second kappa shape index (κ2) is 15.6. The lowest BCUT2D eigenvalue weighted by atomic mass is 9.99. The van der Waals surface area contributed by atoms with E-state index in [0.717, 1.165) is 24.8 Å². The molecule has 10 heteroatoms. The fourth-order valence-electron chi connectivity index (χ4n) is 4.35. The SMILES string of the molecule is CCCCCCN(C(=O)C(CCC(N)=O)NC(=O)OC(C)(C)C)C(C(=O)Nc1ccccc1C)c1ccccc1O. The number of rotatable bonds is 14. The van der Waals surface area contributed by atoms with E-state index >= 15 is 0 Å². The predicted octanol–water partition coefficient (Wildman–Crippen LogP) is 4.95. The van der Waals surface area contributed by atoms with Gasteiger partial charge < -0.3 is 31.1 Å². The molecule has 0 aliphatic heterocycles. The zero-order valence-corrected chi connectivity index (χ0v) is 24.7. The number of amides is 4. The molecule has 2 unspecified atom stereocenters. The number of phenols is 1. The smallest absolute Gasteiger partial charge is 0.408 e. The van der Waals surface area contributed by atoms with Gasteiger partial charge in [0.05, 0.1) is 0 Å². The minimum atomic E-state index is -1.23. The Labute approximate surface area is 242 Å². The van der Waals surface area contributed by atoms with Crippen molar-refractivity contribution in [3.05, 3.63) is 59.7 Å². The van der Waals surface area contributed by atoms with Crippen molar-refractivity contribution in [3.8, 4) is 5.75 Å². The number of para-hydroxylation sites is 2. The molecule has 0 saturated heterocycles. The summed E-state index contributed by atoms with van der Waals surface area (Å²) in [6, 6.07) is 11.1. The molecule has 0 fully saturated rings. The molecule has 224 valence electrons. The van der Waals surface area contributed by atoms with Crippen LogP contribution >= 0.6 is 0 Å². The normalized spacial score (nSPS) is 12.6. The van der Waals surface area contributed by atoms with Gasteiger partial charge in [-0.25, -0.2) is 4.79 Å². The molecule has 41 heavy (non-hydrogen) atoms. The maximum absolute atomic E-state index is 14.2. The van der Waals surface area contributed by atoms with E-state index < -0.39 is 41.5 Å². The molecule has 2 aromatic rings. The van der Waals surface area contributed by atoms with Crippen LogP contribution in [0.25, 0.3) is 0 Å². The Hall–Kier alpha value is -4.08. The third-order valence-corrected chi connectivity index (χ3v) is 6.40. The maximum atomic E-state index is 14.2. The number of aryl methyl sites for hydroxylation is 1. The van der Waals surface area contributed by atoms with Crippen molar-refractivity contribution < 1.29 is 29.0 Å². The lowest BCUT2D eigenvalue weighted by Crippen LogP contribution is -2.52. The average Bonchev–Trinajstić information content (AvgIpc) is 2.89. The van der Waals surface area contributed by atoms with Crippen LogP contribution in [0.2, 0.25) is 0 Å². The first-order valence-electron chi connectivity index (χ1n) is 14.1. The molecule has 0 heterocycles. The van der Waals surface area contributed by atoms with Gasteiger partial charge in [0, 0.05) is 24.2 Å². The van der Waals surface area contributed by atoms with Crippen LogP contribution in [0.15, 0.2) is 48.5 Å². The van der Waals surface area contributed by atoms with E-state index in [2.05, 4.69) is 17.6 Å². The maximum Gasteiger partial charge on any atom is 0.408 e.